The highest BCUT2D eigenvalue weighted by atomic mass is 32.1. The minimum absolute atomic E-state index is 0.0481. The predicted molar refractivity (Wildman–Crippen MR) is 250 cm³/mol. The van der Waals surface area contributed by atoms with E-state index in [4.69, 9.17) is 0 Å². The third-order valence-electron chi connectivity index (χ3n) is 14.2. The highest BCUT2D eigenvalue weighted by Crippen LogP contribution is 2.48. The van der Waals surface area contributed by atoms with Gasteiger partial charge in [0.2, 0.25) is 17.8 Å². The summed E-state index contributed by atoms with van der Waals surface area (Å²) >= 11 is 4.60. The zero-order valence-corrected chi connectivity index (χ0v) is 39.1. The Morgan fingerprint density at radius 3 is 2.35 bits per heavy atom. The topological polar surface area (TPSA) is 158 Å². The number of aryl methyl sites for hydroxylation is 1. The largest absolute Gasteiger partial charge is 0.368 e. The Kier molecular flexibility index (Phi) is 14.4. The fourth-order valence-electron chi connectivity index (χ4n) is 10.5. The molecule has 0 radical (unpaired) electrons. The summed E-state index contributed by atoms with van der Waals surface area (Å²) in [4.78, 5) is 67.3. The van der Waals surface area contributed by atoms with Gasteiger partial charge in [0.25, 0.3) is 5.91 Å². The summed E-state index contributed by atoms with van der Waals surface area (Å²) < 4.78 is 46.3. The van der Waals surface area contributed by atoms with E-state index in [0.29, 0.717) is 40.2 Å². The third kappa shape index (κ3) is 10.2. The van der Waals surface area contributed by atoms with E-state index >= 15 is 4.39 Å². The van der Waals surface area contributed by atoms with Gasteiger partial charge in [-0.05, 0) is 135 Å². The first-order valence-corrected chi connectivity index (χ1v) is 23.9. The summed E-state index contributed by atoms with van der Waals surface area (Å²) in [5, 5.41) is 9.34. The normalized spacial score (nSPS) is 20.8. The van der Waals surface area contributed by atoms with Gasteiger partial charge in [-0.3, -0.25) is 24.5 Å². The summed E-state index contributed by atoms with van der Waals surface area (Å²) in [7, 11) is 1.47. The van der Waals surface area contributed by atoms with Crippen LogP contribution in [0.1, 0.15) is 111 Å². The number of amides is 3. The number of carbonyl (C=O) groups is 4. The van der Waals surface area contributed by atoms with Crippen molar-refractivity contribution in [3.8, 4) is 11.3 Å². The molecule has 1 spiro atoms. The lowest BCUT2D eigenvalue weighted by atomic mass is 9.65. The first kappa shape index (κ1) is 47.4. The maximum absolute atomic E-state index is 15.1. The Morgan fingerprint density at radius 2 is 1.68 bits per heavy atom. The lowest BCUT2D eigenvalue weighted by molar-refractivity contribution is -0.136. The molecule has 0 bridgehead atoms. The molecule has 354 valence electrons. The molecule has 1 atom stereocenters. The van der Waals surface area contributed by atoms with Gasteiger partial charge in [0.1, 0.15) is 28.9 Å². The average Bonchev–Trinajstić information content (AvgIpc) is 3.64. The van der Waals surface area contributed by atoms with Crippen molar-refractivity contribution in [2.75, 3.05) is 63.1 Å². The van der Waals surface area contributed by atoms with Gasteiger partial charge in [0.15, 0.2) is 17.9 Å². The van der Waals surface area contributed by atoms with Crippen LogP contribution in [0.25, 0.3) is 22.3 Å². The number of benzene rings is 2. The lowest BCUT2D eigenvalue weighted by Gasteiger charge is -2.55. The number of hydrogen-bond donors (Lipinski definition) is 4. The van der Waals surface area contributed by atoms with Crippen LogP contribution in [0.5, 0.6) is 0 Å². The number of thiol groups is 1. The second kappa shape index (κ2) is 20.0. The van der Waals surface area contributed by atoms with E-state index in [9.17, 15) is 28.0 Å². The van der Waals surface area contributed by atoms with Crippen LogP contribution < -0.4 is 20.9 Å². The van der Waals surface area contributed by atoms with Gasteiger partial charge in [-0.2, -0.15) is 12.6 Å². The Labute approximate surface area is 389 Å². The molecule has 3 N–H and O–H groups in total. The Hall–Kier alpha value is -5.07. The number of nitrogens with one attached hydrogen (secondary N) is 3. The molecule has 1 saturated carbocycles. The summed E-state index contributed by atoms with van der Waals surface area (Å²) in [6.45, 7) is 12.6. The van der Waals surface area contributed by atoms with Gasteiger partial charge in [0, 0.05) is 67.0 Å². The van der Waals surface area contributed by atoms with Crippen molar-refractivity contribution in [2.45, 2.75) is 108 Å². The molecule has 5 fully saturated rings. The predicted octanol–water partition coefficient (Wildman–Crippen LogP) is 6.73. The average molecular weight is 931 g/mol. The van der Waals surface area contributed by atoms with E-state index in [-0.39, 0.29) is 58.6 Å². The molecule has 5 aliphatic rings. The maximum Gasteiger partial charge on any atom is 0.255 e. The molecule has 14 nitrogen and oxygen atoms in total. The number of aromatic nitrogens is 4. The van der Waals surface area contributed by atoms with Gasteiger partial charge >= 0.3 is 0 Å². The highest BCUT2D eigenvalue weighted by Gasteiger charge is 2.46. The Bertz CT molecular complexity index is 2460. The molecule has 1 unspecified atom stereocenters. The van der Waals surface area contributed by atoms with E-state index < -0.39 is 35.3 Å². The smallest absolute Gasteiger partial charge is 0.255 e. The fourth-order valence-corrected chi connectivity index (χ4v) is 10.8. The second-order valence-corrected chi connectivity index (χ2v) is 20.0. The number of rotatable bonds is 10. The number of aldehydes is 1. The number of halogens is 3. The molecule has 9 rings (SSSR count). The minimum atomic E-state index is -0.820. The van der Waals surface area contributed by atoms with Crippen molar-refractivity contribution < 1.29 is 32.3 Å². The number of likely N-dealkylation sites (N-methyl/N-ethyl adjacent to an activating group) is 1. The molecule has 18 heteroatoms. The molecule has 66 heavy (non-hydrogen) atoms. The molecule has 4 saturated heterocycles. The van der Waals surface area contributed by atoms with Gasteiger partial charge in [-0.25, -0.2) is 28.1 Å². The first-order chi connectivity index (χ1) is 31.6. The zero-order valence-electron chi connectivity index (χ0n) is 38.2. The van der Waals surface area contributed by atoms with E-state index in [0.717, 1.165) is 102 Å². The monoisotopic (exact) mass is 930 g/mol. The molecule has 4 aromatic rings. The number of carbonyl (C=O) groups excluding carboxylic acids is 4. The number of likely N-dealkylation sites (tertiary alicyclic amines) is 1. The number of piperidine rings is 3. The summed E-state index contributed by atoms with van der Waals surface area (Å²) in [6, 6.07) is 5.13. The molecule has 3 amide bonds. The molecular weight excluding hydrogens is 870 g/mol. The minimum Gasteiger partial charge on any atom is -0.368 e. The highest BCUT2D eigenvalue weighted by molar-refractivity contribution is 7.80. The van der Waals surface area contributed by atoms with Gasteiger partial charge < -0.3 is 29.9 Å². The van der Waals surface area contributed by atoms with Crippen LogP contribution in [0.3, 0.4) is 0 Å². The van der Waals surface area contributed by atoms with Gasteiger partial charge in [0.05, 0.1) is 23.0 Å². The number of fused-ring (bicyclic) bond motifs is 1. The Balaban J connectivity index is 0.000000188. The van der Waals surface area contributed by atoms with Crippen LogP contribution in [0.15, 0.2) is 30.5 Å². The molecule has 2 aromatic carbocycles. The lowest BCUT2D eigenvalue weighted by Crippen LogP contribution is -2.58. The van der Waals surface area contributed by atoms with Gasteiger partial charge in [-0.15, -0.1) is 0 Å². The number of hydrogen-bond acceptors (Lipinski definition) is 12. The quantitative estimate of drug-likeness (QED) is 0.0760. The van der Waals surface area contributed by atoms with Crippen molar-refractivity contribution in [3.05, 3.63) is 64.9 Å². The van der Waals surface area contributed by atoms with Crippen LogP contribution in [-0.2, 0) is 9.59 Å². The van der Waals surface area contributed by atoms with E-state index in [1.54, 1.807) is 6.07 Å². The van der Waals surface area contributed by atoms with Crippen molar-refractivity contribution in [2.24, 2.45) is 11.3 Å². The standard InChI is InChI=1S/C28H37FN4O4S.C20H24F2N6/c1-31(23-2-3-25(35)30-26(23)36)27(37)21-13-24(22(29)12-19(21)15-34)33-16-28(17-33)8-4-18(5-9-28)14-32-10-6-20(38)7-11-32;1-11(2)28-12(3)25-19-15(21)8-13(9-17(19)28)18-16(22)10-24-20(27-18)26-14-4-6-23-7-5-14/h12-13,15,18,20,23,38H,2-11,14,16-17H2,1H3,(H,30,35,36);8-11,14,23H,4-7H2,1-3H3,(H,24,26,27). The van der Waals surface area contributed by atoms with Crippen LogP contribution in [0.2, 0.25) is 0 Å². The van der Waals surface area contributed by atoms with E-state index in [1.807, 2.05) is 30.2 Å². The van der Waals surface area contributed by atoms with Crippen LogP contribution in [-0.4, -0.2) is 124 Å². The second-order valence-electron chi connectivity index (χ2n) is 19.2. The SMILES string of the molecule is CN(C(=O)c1cc(N2CC3(CCC(CN4CCC(S)CC4)CC3)C2)c(F)cc1C=O)C1CCC(=O)NC1=O.Cc1nc2c(F)cc(-c3nc(NC4CCNCC4)ncc3F)cc2n1C(C)C. The van der Waals surface area contributed by atoms with Crippen molar-refractivity contribution in [1.29, 1.82) is 0 Å². The fraction of sp³-hybridized carbons (Fsp3) is 0.562. The summed E-state index contributed by atoms with van der Waals surface area (Å²) in [6.07, 6.45) is 10.8. The van der Waals surface area contributed by atoms with Crippen LogP contribution in [0, 0.1) is 35.7 Å². The Morgan fingerprint density at radius 1 is 0.970 bits per heavy atom. The van der Waals surface area contributed by atoms with E-state index in [1.165, 1.54) is 36.9 Å². The molecular formula is C48H61F3N10O4S. The maximum atomic E-state index is 15.1. The van der Waals surface area contributed by atoms with Gasteiger partial charge in [-0.1, -0.05) is 0 Å². The first-order valence-electron chi connectivity index (χ1n) is 23.3. The van der Waals surface area contributed by atoms with Crippen molar-refractivity contribution >= 4 is 59.3 Å². The van der Waals surface area contributed by atoms with E-state index in [2.05, 4.69) is 48.4 Å². The molecule has 2 aromatic heterocycles. The van der Waals surface area contributed by atoms with Crippen LogP contribution in [0.4, 0.5) is 24.8 Å². The third-order valence-corrected chi connectivity index (χ3v) is 14.8. The number of anilines is 2. The van der Waals surface area contributed by atoms with Crippen molar-refractivity contribution in [3.63, 3.8) is 0 Å². The van der Waals surface area contributed by atoms with Crippen LogP contribution >= 0.6 is 12.6 Å². The zero-order chi connectivity index (χ0) is 46.9. The number of imidazole rings is 1. The summed E-state index contributed by atoms with van der Waals surface area (Å²) in [5.41, 5.74) is 1.90. The molecule has 6 heterocycles. The van der Waals surface area contributed by atoms with Crippen molar-refractivity contribution in [1.82, 2.24) is 40.0 Å². The molecule has 1 aliphatic carbocycles. The number of nitrogens with zero attached hydrogens (tertiary/aromatic N) is 7. The molecule has 4 aliphatic heterocycles. The summed E-state index contributed by atoms with van der Waals surface area (Å²) in [5.74, 6) is -1.26. The number of imide groups is 1.